The van der Waals surface area contributed by atoms with Gasteiger partial charge in [0.2, 0.25) is 0 Å². The van der Waals surface area contributed by atoms with Crippen molar-refractivity contribution < 1.29 is 13.5 Å². The Bertz CT molecular complexity index is 613. The largest absolute Gasteiger partial charge is 0.508 e. The first-order valence-electron chi connectivity index (χ1n) is 6.68. The van der Waals surface area contributed by atoms with Gasteiger partial charge in [-0.2, -0.15) is 0 Å². The number of aryl methyl sites for hydroxylation is 1. The maximum atomic E-state index is 12.0. The van der Waals surface area contributed by atoms with Gasteiger partial charge in [0.25, 0.3) is 0 Å². The molecule has 2 rings (SSSR count). The number of likely N-dealkylation sites (tertiary alicyclic amines) is 1. The summed E-state index contributed by atoms with van der Waals surface area (Å²) in [4.78, 5) is 2.42. The van der Waals surface area contributed by atoms with Gasteiger partial charge >= 0.3 is 0 Å². The molecule has 0 amide bonds. The van der Waals surface area contributed by atoms with E-state index in [1.54, 1.807) is 19.1 Å². The fraction of sp³-hybridized carbons (Fsp3) is 0.571. The molecule has 1 aromatic rings. The van der Waals surface area contributed by atoms with Crippen molar-refractivity contribution >= 4 is 9.84 Å². The molecule has 20 heavy (non-hydrogen) atoms. The molecule has 0 bridgehead atoms. The van der Waals surface area contributed by atoms with Crippen LogP contribution in [0.2, 0.25) is 0 Å². The Kier molecular flexibility index (Phi) is 4.09. The third kappa shape index (κ3) is 2.82. The predicted octanol–water partition coefficient (Wildman–Crippen LogP) is 1.06. The van der Waals surface area contributed by atoms with Crippen LogP contribution in [0.3, 0.4) is 0 Å². The highest BCUT2D eigenvalue weighted by molar-refractivity contribution is 7.90. The van der Waals surface area contributed by atoms with Gasteiger partial charge < -0.3 is 10.8 Å². The summed E-state index contributed by atoms with van der Waals surface area (Å²) < 4.78 is 24.0. The third-order valence-corrected chi connectivity index (χ3v) is 5.21. The van der Waals surface area contributed by atoms with Gasteiger partial charge in [0.1, 0.15) is 5.75 Å². The molecule has 0 spiro atoms. The maximum Gasteiger partial charge on any atom is 0.175 e. The number of aromatic hydroxyl groups is 1. The second kappa shape index (κ2) is 5.35. The summed E-state index contributed by atoms with van der Waals surface area (Å²) >= 11 is 0. The fourth-order valence-electron chi connectivity index (χ4n) is 2.91. The van der Waals surface area contributed by atoms with Gasteiger partial charge in [-0.3, -0.25) is 4.90 Å². The number of sulfone groups is 1. The van der Waals surface area contributed by atoms with Crippen molar-refractivity contribution in [3.63, 3.8) is 0 Å². The standard InChI is InChI=1S/C14H22N2O3S/c1-9-4-14(20(3,18)19)11(6-13(9)17)12-5-10(7-15)8-16(12)2/h4,6,10,12,17H,5,7-8,15H2,1-3H3. The van der Waals surface area contributed by atoms with E-state index in [2.05, 4.69) is 4.90 Å². The van der Waals surface area contributed by atoms with Crippen molar-refractivity contribution in [2.45, 2.75) is 24.3 Å². The zero-order valence-corrected chi connectivity index (χ0v) is 12.9. The van der Waals surface area contributed by atoms with E-state index in [1.165, 1.54) is 6.26 Å². The molecule has 1 fully saturated rings. The van der Waals surface area contributed by atoms with Crippen molar-refractivity contribution in [2.75, 3.05) is 26.4 Å². The van der Waals surface area contributed by atoms with Crippen LogP contribution < -0.4 is 5.73 Å². The minimum atomic E-state index is -3.33. The Morgan fingerprint density at radius 3 is 2.60 bits per heavy atom. The Balaban J connectivity index is 2.53. The van der Waals surface area contributed by atoms with Crippen LogP contribution in [0, 0.1) is 12.8 Å². The first-order valence-corrected chi connectivity index (χ1v) is 8.57. The van der Waals surface area contributed by atoms with Crippen LogP contribution in [0.5, 0.6) is 5.75 Å². The molecule has 0 aliphatic carbocycles. The van der Waals surface area contributed by atoms with Crippen molar-refractivity contribution in [2.24, 2.45) is 11.7 Å². The van der Waals surface area contributed by atoms with Gasteiger partial charge in [-0.1, -0.05) is 0 Å². The Morgan fingerprint density at radius 1 is 1.45 bits per heavy atom. The molecule has 112 valence electrons. The number of phenolic OH excluding ortho intramolecular Hbond substituents is 1. The van der Waals surface area contributed by atoms with E-state index < -0.39 is 9.84 Å². The molecule has 6 heteroatoms. The van der Waals surface area contributed by atoms with Gasteiger partial charge in [0.15, 0.2) is 9.84 Å². The molecule has 0 aromatic heterocycles. The molecule has 3 N–H and O–H groups in total. The molecule has 0 radical (unpaired) electrons. The van der Waals surface area contributed by atoms with Gasteiger partial charge in [0, 0.05) is 18.8 Å². The first kappa shape index (κ1) is 15.3. The van der Waals surface area contributed by atoms with Crippen molar-refractivity contribution in [3.05, 3.63) is 23.3 Å². The average Bonchev–Trinajstić information content (AvgIpc) is 2.72. The SMILES string of the molecule is Cc1cc(S(C)(=O)=O)c(C2CC(CN)CN2C)cc1O. The van der Waals surface area contributed by atoms with Gasteiger partial charge in [-0.05, 0) is 56.1 Å². The van der Waals surface area contributed by atoms with E-state index in [4.69, 9.17) is 5.73 Å². The first-order chi connectivity index (χ1) is 9.24. The number of phenols is 1. The number of nitrogens with zero attached hydrogens (tertiary/aromatic N) is 1. The lowest BCUT2D eigenvalue weighted by molar-refractivity contribution is 0.309. The van der Waals surface area contributed by atoms with E-state index in [-0.39, 0.29) is 11.8 Å². The highest BCUT2D eigenvalue weighted by Gasteiger charge is 2.33. The summed E-state index contributed by atoms with van der Waals surface area (Å²) in [7, 11) is -1.37. The zero-order valence-electron chi connectivity index (χ0n) is 12.1. The van der Waals surface area contributed by atoms with Crippen molar-refractivity contribution in [1.29, 1.82) is 0 Å². The highest BCUT2D eigenvalue weighted by Crippen LogP contribution is 2.39. The van der Waals surface area contributed by atoms with E-state index in [0.29, 0.717) is 28.5 Å². The molecule has 2 atom stereocenters. The number of rotatable bonds is 3. The number of hydrogen-bond donors (Lipinski definition) is 2. The monoisotopic (exact) mass is 298 g/mol. The molecule has 1 heterocycles. The van der Waals surface area contributed by atoms with E-state index in [1.807, 2.05) is 7.05 Å². The lowest BCUT2D eigenvalue weighted by atomic mass is 9.98. The molecule has 5 nitrogen and oxygen atoms in total. The van der Waals surface area contributed by atoms with Crippen molar-refractivity contribution in [3.8, 4) is 5.75 Å². The molecular formula is C14H22N2O3S. The van der Waals surface area contributed by atoms with Gasteiger partial charge in [-0.25, -0.2) is 8.42 Å². The third-order valence-electron chi connectivity index (χ3n) is 4.06. The molecule has 1 saturated heterocycles. The summed E-state index contributed by atoms with van der Waals surface area (Å²) in [6, 6.07) is 3.13. The van der Waals surface area contributed by atoms with Crippen LogP contribution in [-0.4, -0.2) is 44.8 Å². The molecule has 1 aromatic carbocycles. The lowest BCUT2D eigenvalue weighted by Crippen LogP contribution is -2.21. The summed E-state index contributed by atoms with van der Waals surface area (Å²) in [5.74, 6) is 0.498. The number of hydrogen-bond acceptors (Lipinski definition) is 5. The van der Waals surface area contributed by atoms with E-state index >= 15 is 0 Å². The van der Waals surface area contributed by atoms with Crippen LogP contribution >= 0.6 is 0 Å². The second-order valence-corrected chi connectivity index (χ2v) is 7.73. The van der Waals surface area contributed by atoms with Crippen LogP contribution in [0.1, 0.15) is 23.6 Å². The molecule has 1 aliphatic heterocycles. The quantitative estimate of drug-likeness (QED) is 0.871. The van der Waals surface area contributed by atoms with E-state index in [9.17, 15) is 13.5 Å². The van der Waals surface area contributed by atoms with Gasteiger partial charge in [0.05, 0.1) is 4.90 Å². The average molecular weight is 298 g/mol. The minimum absolute atomic E-state index is 0.0141. The molecule has 2 unspecified atom stereocenters. The lowest BCUT2D eigenvalue weighted by Gasteiger charge is -2.22. The van der Waals surface area contributed by atoms with Crippen LogP contribution in [0.15, 0.2) is 17.0 Å². The summed E-state index contributed by atoms with van der Waals surface area (Å²) in [6.07, 6.45) is 2.02. The Labute approximate surface area is 120 Å². The maximum absolute atomic E-state index is 12.0. The predicted molar refractivity (Wildman–Crippen MR) is 78.5 cm³/mol. The fourth-order valence-corrected chi connectivity index (χ4v) is 3.92. The highest BCUT2D eigenvalue weighted by atomic mass is 32.2. The molecule has 1 aliphatic rings. The molecular weight excluding hydrogens is 276 g/mol. The second-order valence-electron chi connectivity index (χ2n) is 5.74. The number of nitrogens with two attached hydrogens (primary N) is 1. The minimum Gasteiger partial charge on any atom is -0.508 e. The summed E-state index contributed by atoms with van der Waals surface area (Å²) in [6.45, 7) is 3.14. The van der Waals surface area contributed by atoms with Crippen LogP contribution in [0.25, 0.3) is 0 Å². The normalized spacial score (nSPS) is 24.2. The van der Waals surface area contributed by atoms with Crippen LogP contribution in [-0.2, 0) is 9.84 Å². The number of benzene rings is 1. The van der Waals surface area contributed by atoms with Gasteiger partial charge in [-0.15, -0.1) is 0 Å². The zero-order chi connectivity index (χ0) is 15.1. The summed E-state index contributed by atoms with van der Waals surface area (Å²) in [5, 5.41) is 9.92. The summed E-state index contributed by atoms with van der Waals surface area (Å²) in [5.41, 5.74) is 6.97. The van der Waals surface area contributed by atoms with Crippen molar-refractivity contribution in [1.82, 2.24) is 4.90 Å². The van der Waals surface area contributed by atoms with E-state index in [0.717, 1.165) is 13.0 Å². The Morgan fingerprint density at radius 2 is 2.10 bits per heavy atom. The molecule has 0 saturated carbocycles. The smallest absolute Gasteiger partial charge is 0.175 e. The van der Waals surface area contributed by atoms with Crippen LogP contribution in [0.4, 0.5) is 0 Å². The Hall–Kier alpha value is -1.11. The topological polar surface area (TPSA) is 83.6 Å².